The van der Waals surface area contributed by atoms with Crippen LogP contribution in [0, 0.1) is 0 Å². The molecule has 2 heteroatoms. The Kier molecular flexibility index (Phi) is 6.48. The van der Waals surface area contributed by atoms with Crippen molar-refractivity contribution in [1.82, 2.24) is 0 Å². The third-order valence-electron chi connectivity index (χ3n) is 11.8. The van der Waals surface area contributed by atoms with Crippen molar-refractivity contribution in [3.05, 3.63) is 228 Å². The van der Waals surface area contributed by atoms with Crippen LogP contribution in [-0.2, 0) is 18.4 Å². The molecule has 2 nitrogen and oxygen atoms in total. The number of rotatable bonds is 2. The van der Waals surface area contributed by atoms with Crippen molar-refractivity contribution >= 4 is 22.7 Å². The van der Waals surface area contributed by atoms with Crippen LogP contribution < -0.4 is 9.80 Å². The Morgan fingerprint density at radius 2 is 1.15 bits per heavy atom. The molecule has 1 unspecified atom stereocenters. The first kappa shape index (κ1) is 30.0. The van der Waals surface area contributed by atoms with E-state index in [9.17, 15) is 0 Å². The molecule has 7 aromatic rings. The van der Waals surface area contributed by atoms with Gasteiger partial charge in [0.1, 0.15) is 0 Å². The first-order valence-corrected chi connectivity index (χ1v) is 18.6. The van der Waals surface area contributed by atoms with E-state index < -0.39 is 5.41 Å². The number of allylic oxidation sites excluding steroid dienone is 4. The van der Waals surface area contributed by atoms with Gasteiger partial charge in [-0.25, -0.2) is 0 Å². The molecule has 0 aliphatic carbocycles. The highest BCUT2D eigenvalue weighted by atomic mass is 15.2. The van der Waals surface area contributed by atoms with E-state index in [4.69, 9.17) is 6.58 Å². The average Bonchev–Trinajstić information content (AvgIpc) is 3.27. The summed E-state index contributed by atoms with van der Waals surface area (Å²) >= 11 is 0. The van der Waals surface area contributed by atoms with Crippen molar-refractivity contribution in [2.45, 2.75) is 18.4 Å². The smallest absolute Gasteiger partial charge is 0.0783 e. The fourth-order valence-corrected chi connectivity index (χ4v) is 9.57. The summed E-state index contributed by atoms with van der Waals surface area (Å²) in [4.78, 5) is 5.01. The van der Waals surface area contributed by atoms with Crippen molar-refractivity contribution in [2.75, 3.05) is 9.80 Å². The number of fused-ring (bicyclic) bond motifs is 14. The van der Waals surface area contributed by atoms with Gasteiger partial charge in [-0.1, -0.05) is 152 Å². The highest BCUT2D eigenvalue weighted by Crippen LogP contribution is 2.66. The average molecular weight is 677 g/mol. The van der Waals surface area contributed by atoms with Crippen LogP contribution in [0.25, 0.3) is 33.4 Å². The van der Waals surface area contributed by atoms with E-state index >= 15 is 0 Å². The molecule has 0 amide bonds. The summed E-state index contributed by atoms with van der Waals surface area (Å²) in [6, 6.07) is 60.7. The lowest BCUT2D eigenvalue weighted by Crippen LogP contribution is -2.45. The molecule has 4 aliphatic heterocycles. The van der Waals surface area contributed by atoms with E-state index in [2.05, 4.69) is 192 Å². The van der Waals surface area contributed by atoms with Crippen molar-refractivity contribution in [2.24, 2.45) is 0 Å². The van der Waals surface area contributed by atoms with Gasteiger partial charge in [0, 0.05) is 29.2 Å². The molecule has 1 spiro atoms. The van der Waals surface area contributed by atoms with Crippen LogP contribution in [0.4, 0.5) is 22.7 Å². The number of para-hydroxylation sites is 2. The normalized spacial score (nSPS) is 18.9. The molecule has 0 fully saturated rings. The Labute approximate surface area is 310 Å². The molecule has 11 rings (SSSR count). The number of nitrogens with zero attached hydrogens (tertiary/aromatic N) is 2. The summed E-state index contributed by atoms with van der Waals surface area (Å²) < 4.78 is 0. The quantitative estimate of drug-likeness (QED) is 0.180. The predicted octanol–water partition coefficient (Wildman–Crippen LogP) is 12.7. The second-order valence-corrected chi connectivity index (χ2v) is 14.5. The number of hydrogen-bond acceptors (Lipinski definition) is 2. The minimum atomic E-state index is -0.675. The fraction of sp³-hybridized carbons (Fsp3) is 0.0588. The third-order valence-corrected chi connectivity index (χ3v) is 11.8. The van der Waals surface area contributed by atoms with E-state index in [1.807, 2.05) is 0 Å². The highest BCUT2D eigenvalue weighted by Gasteiger charge is 2.54. The van der Waals surface area contributed by atoms with E-state index in [1.165, 1.54) is 89.5 Å². The second kappa shape index (κ2) is 11.4. The van der Waals surface area contributed by atoms with Crippen LogP contribution in [0.5, 0.6) is 0 Å². The maximum atomic E-state index is 5.02. The molecule has 0 aromatic heterocycles. The minimum Gasteiger partial charge on any atom is -0.336 e. The van der Waals surface area contributed by atoms with Crippen molar-refractivity contribution < 1.29 is 0 Å². The van der Waals surface area contributed by atoms with Gasteiger partial charge in [0.05, 0.1) is 16.8 Å². The summed E-state index contributed by atoms with van der Waals surface area (Å²) in [5.74, 6) is 0. The minimum absolute atomic E-state index is 0.675. The lowest BCUT2D eigenvalue weighted by atomic mass is 9.58. The number of hydrogen-bond donors (Lipinski definition) is 0. The molecule has 0 radical (unpaired) electrons. The summed E-state index contributed by atoms with van der Waals surface area (Å²) in [6.07, 6.45) is 7.79. The van der Waals surface area contributed by atoms with E-state index in [-0.39, 0.29) is 0 Å². The van der Waals surface area contributed by atoms with Gasteiger partial charge in [0.2, 0.25) is 0 Å². The topological polar surface area (TPSA) is 6.48 Å². The van der Waals surface area contributed by atoms with Gasteiger partial charge in [0.25, 0.3) is 0 Å². The predicted molar refractivity (Wildman–Crippen MR) is 220 cm³/mol. The summed E-state index contributed by atoms with van der Waals surface area (Å²) in [7, 11) is 0. The van der Waals surface area contributed by atoms with Gasteiger partial charge < -0.3 is 9.80 Å². The Bertz CT molecular complexity index is 2700. The van der Waals surface area contributed by atoms with Gasteiger partial charge in [-0.15, -0.1) is 0 Å². The SMILES string of the molecule is C=C1/C2=C\C=C/Cc3ccccc3N1c1ccccc1C21c2cc(-c3ccccc3)ccc2N2Cc3ccccc3-c3cc(-c4ccccc4)cc1c32. The number of anilines is 4. The van der Waals surface area contributed by atoms with Gasteiger partial charge in [0.15, 0.2) is 0 Å². The van der Waals surface area contributed by atoms with Crippen LogP contribution in [0.3, 0.4) is 0 Å². The van der Waals surface area contributed by atoms with Gasteiger partial charge >= 0.3 is 0 Å². The molecular weight excluding hydrogens is 641 g/mol. The molecule has 0 N–H and O–H groups in total. The van der Waals surface area contributed by atoms with Crippen LogP contribution in [-0.4, -0.2) is 0 Å². The molecule has 4 heterocycles. The molecule has 1 atom stereocenters. The fourth-order valence-electron chi connectivity index (χ4n) is 9.57. The molecule has 250 valence electrons. The molecule has 2 bridgehead atoms. The second-order valence-electron chi connectivity index (χ2n) is 14.5. The summed E-state index contributed by atoms with van der Waals surface area (Å²) in [6.45, 7) is 5.82. The molecule has 0 saturated heterocycles. The largest absolute Gasteiger partial charge is 0.336 e. The molecule has 0 saturated carbocycles. The highest BCUT2D eigenvalue weighted by molar-refractivity contribution is 6.00. The zero-order valence-electron chi connectivity index (χ0n) is 29.3. The van der Waals surface area contributed by atoms with E-state index in [1.54, 1.807) is 0 Å². The standard InChI is InChI=1S/C51H36N2/c1-34-43-24-12-9-20-37-21-10-14-26-47(37)53(34)49-27-15-13-25-44(49)51(43)45-31-38(35-16-4-2-5-17-35)28-29-48(45)52-33-39-22-8-11-23-41(39)42-30-40(32-46(51)50(42)52)36-18-6-3-7-19-36/h2-19,21-32H,1,20,33H2/b12-9-,43-24+. The van der Waals surface area contributed by atoms with E-state index in [0.29, 0.717) is 0 Å². The van der Waals surface area contributed by atoms with Crippen LogP contribution in [0.2, 0.25) is 0 Å². The Balaban J connectivity index is 1.34. The van der Waals surface area contributed by atoms with Crippen molar-refractivity contribution in [1.29, 1.82) is 0 Å². The zero-order chi connectivity index (χ0) is 35.1. The maximum absolute atomic E-state index is 5.02. The van der Waals surface area contributed by atoms with Gasteiger partial charge in [-0.05, 0) is 104 Å². The molecule has 4 aliphatic rings. The van der Waals surface area contributed by atoms with Crippen LogP contribution in [0.15, 0.2) is 200 Å². The first-order valence-electron chi connectivity index (χ1n) is 18.6. The third kappa shape index (κ3) is 4.21. The first-order chi connectivity index (χ1) is 26.2. The Morgan fingerprint density at radius 3 is 1.96 bits per heavy atom. The Morgan fingerprint density at radius 1 is 0.491 bits per heavy atom. The monoisotopic (exact) mass is 676 g/mol. The lowest BCUT2D eigenvalue weighted by Gasteiger charge is -2.54. The van der Waals surface area contributed by atoms with E-state index in [0.717, 1.165) is 18.7 Å². The molecule has 7 aromatic carbocycles. The van der Waals surface area contributed by atoms with Crippen LogP contribution in [0.1, 0.15) is 27.8 Å². The van der Waals surface area contributed by atoms with Crippen molar-refractivity contribution in [3.8, 4) is 33.4 Å². The maximum Gasteiger partial charge on any atom is 0.0783 e. The Hall–Kier alpha value is -6.64. The lowest BCUT2D eigenvalue weighted by molar-refractivity contribution is 0.685. The van der Waals surface area contributed by atoms with Gasteiger partial charge in [-0.2, -0.15) is 0 Å². The number of benzene rings is 7. The molecular formula is C51H36N2. The van der Waals surface area contributed by atoms with Crippen LogP contribution >= 0.6 is 0 Å². The van der Waals surface area contributed by atoms with Gasteiger partial charge in [-0.3, -0.25) is 0 Å². The summed E-state index contributed by atoms with van der Waals surface area (Å²) in [5.41, 5.74) is 20.3. The van der Waals surface area contributed by atoms with Crippen molar-refractivity contribution in [3.63, 3.8) is 0 Å². The molecule has 53 heavy (non-hydrogen) atoms. The summed E-state index contributed by atoms with van der Waals surface area (Å²) in [5, 5.41) is 0. The zero-order valence-corrected chi connectivity index (χ0v) is 29.3.